The highest BCUT2D eigenvalue weighted by Crippen LogP contribution is 2.20. The summed E-state index contributed by atoms with van der Waals surface area (Å²) in [6.07, 6.45) is -0.716. The smallest absolute Gasteiger partial charge is 0.0942 e. The molecule has 0 spiro atoms. The Morgan fingerprint density at radius 1 is 1.38 bits per heavy atom. The van der Waals surface area contributed by atoms with Crippen molar-refractivity contribution in [1.82, 2.24) is 0 Å². The van der Waals surface area contributed by atoms with Crippen LogP contribution in [0.4, 0.5) is 5.69 Å². The highest BCUT2D eigenvalue weighted by molar-refractivity contribution is 9.10. The zero-order valence-electron chi connectivity index (χ0n) is 7.07. The molecule has 0 aliphatic heterocycles. The minimum absolute atomic E-state index is 0.225. The van der Waals surface area contributed by atoms with E-state index in [1.807, 2.05) is 24.3 Å². The van der Waals surface area contributed by atoms with Crippen molar-refractivity contribution < 1.29 is 10.2 Å². The molecule has 0 saturated heterocycles. The van der Waals surface area contributed by atoms with Crippen LogP contribution in [0.3, 0.4) is 0 Å². The maximum absolute atomic E-state index is 9.08. The van der Waals surface area contributed by atoms with E-state index < -0.39 is 6.10 Å². The summed E-state index contributed by atoms with van der Waals surface area (Å²) in [5.74, 6) is 0. The number of anilines is 1. The predicted octanol–water partition coefficient (Wildman–Crippen LogP) is 1.21. The standard InChI is InChI=1S/C9H12BrNO2/c10-8-3-1-2-4-9(8)11-5-7(13)6-12/h1-4,7,11-13H,5-6H2/t7-/m0/s1. The molecule has 0 bridgehead atoms. The van der Waals surface area contributed by atoms with E-state index in [2.05, 4.69) is 21.2 Å². The molecule has 0 fully saturated rings. The van der Waals surface area contributed by atoms with Gasteiger partial charge in [-0.25, -0.2) is 0 Å². The van der Waals surface area contributed by atoms with Crippen LogP contribution in [0.5, 0.6) is 0 Å². The zero-order valence-corrected chi connectivity index (χ0v) is 8.66. The van der Waals surface area contributed by atoms with Gasteiger partial charge in [-0.2, -0.15) is 0 Å². The topological polar surface area (TPSA) is 52.5 Å². The van der Waals surface area contributed by atoms with Gasteiger partial charge in [0.15, 0.2) is 0 Å². The van der Waals surface area contributed by atoms with Crippen molar-refractivity contribution in [2.45, 2.75) is 6.10 Å². The van der Waals surface area contributed by atoms with E-state index in [9.17, 15) is 0 Å². The van der Waals surface area contributed by atoms with Gasteiger partial charge in [0, 0.05) is 16.7 Å². The third-order valence-corrected chi connectivity index (χ3v) is 2.30. The third-order valence-electron chi connectivity index (χ3n) is 1.61. The summed E-state index contributed by atoms with van der Waals surface area (Å²) < 4.78 is 0.945. The number of rotatable bonds is 4. The van der Waals surface area contributed by atoms with Gasteiger partial charge >= 0.3 is 0 Å². The van der Waals surface area contributed by atoms with Gasteiger partial charge < -0.3 is 15.5 Å². The molecule has 0 radical (unpaired) electrons. The summed E-state index contributed by atoms with van der Waals surface area (Å²) in [5, 5.41) is 20.7. The molecule has 0 aromatic heterocycles. The number of aliphatic hydroxyl groups excluding tert-OH is 2. The van der Waals surface area contributed by atoms with Crippen molar-refractivity contribution in [3.05, 3.63) is 28.7 Å². The van der Waals surface area contributed by atoms with Crippen LogP contribution in [0.15, 0.2) is 28.7 Å². The molecule has 0 saturated carbocycles. The first-order valence-electron chi connectivity index (χ1n) is 4.01. The van der Waals surface area contributed by atoms with Gasteiger partial charge in [-0.15, -0.1) is 0 Å². The van der Waals surface area contributed by atoms with E-state index in [1.54, 1.807) is 0 Å². The summed E-state index contributed by atoms with van der Waals surface area (Å²) in [6.45, 7) is 0.122. The van der Waals surface area contributed by atoms with E-state index in [1.165, 1.54) is 0 Å². The summed E-state index contributed by atoms with van der Waals surface area (Å²) in [5.41, 5.74) is 0.912. The Hall–Kier alpha value is -0.580. The minimum Gasteiger partial charge on any atom is -0.394 e. The number of aliphatic hydroxyl groups is 2. The summed E-state index contributed by atoms with van der Waals surface area (Å²) >= 11 is 3.36. The third kappa shape index (κ3) is 3.34. The fraction of sp³-hybridized carbons (Fsp3) is 0.333. The molecule has 0 unspecified atom stereocenters. The molecule has 1 aromatic rings. The van der Waals surface area contributed by atoms with Gasteiger partial charge in [0.2, 0.25) is 0 Å². The molecule has 0 amide bonds. The van der Waals surface area contributed by atoms with Crippen LogP contribution < -0.4 is 5.32 Å². The summed E-state index contributed by atoms with van der Waals surface area (Å²) in [4.78, 5) is 0. The van der Waals surface area contributed by atoms with E-state index in [0.29, 0.717) is 6.54 Å². The Morgan fingerprint density at radius 3 is 2.69 bits per heavy atom. The SMILES string of the molecule is OC[C@@H](O)CNc1ccccc1Br. The average molecular weight is 246 g/mol. The van der Waals surface area contributed by atoms with Crippen molar-refractivity contribution in [2.75, 3.05) is 18.5 Å². The Bertz CT molecular complexity index is 268. The van der Waals surface area contributed by atoms with Crippen LogP contribution in [0.1, 0.15) is 0 Å². The first-order valence-corrected chi connectivity index (χ1v) is 4.80. The molecule has 1 atom stereocenters. The number of para-hydroxylation sites is 1. The highest BCUT2D eigenvalue weighted by Gasteiger charge is 2.02. The van der Waals surface area contributed by atoms with Crippen LogP contribution in [-0.4, -0.2) is 29.5 Å². The van der Waals surface area contributed by atoms with Crippen LogP contribution in [0.25, 0.3) is 0 Å². The molecule has 0 aliphatic carbocycles. The molecular formula is C9H12BrNO2. The molecule has 3 nitrogen and oxygen atoms in total. The molecule has 0 aliphatic rings. The normalized spacial score (nSPS) is 12.5. The molecule has 72 valence electrons. The van der Waals surface area contributed by atoms with Crippen molar-refractivity contribution in [3.63, 3.8) is 0 Å². The van der Waals surface area contributed by atoms with Gasteiger partial charge in [-0.3, -0.25) is 0 Å². The maximum atomic E-state index is 9.08. The van der Waals surface area contributed by atoms with E-state index >= 15 is 0 Å². The lowest BCUT2D eigenvalue weighted by molar-refractivity contribution is 0.105. The van der Waals surface area contributed by atoms with Crippen molar-refractivity contribution >= 4 is 21.6 Å². The summed E-state index contributed by atoms with van der Waals surface area (Å²) in [6, 6.07) is 7.62. The second kappa shape index (κ2) is 5.21. The van der Waals surface area contributed by atoms with Crippen LogP contribution in [-0.2, 0) is 0 Å². The minimum atomic E-state index is -0.716. The highest BCUT2D eigenvalue weighted by atomic mass is 79.9. The fourth-order valence-corrected chi connectivity index (χ4v) is 1.32. The lowest BCUT2D eigenvalue weighted by Gasteiger charge is -2.11. The van der Waals surface area contributed by atoms with Gasteiger partial charge in [-0.1, -0.05) is 12.1 Å². The number of halogens is 1. The lowest BCUT2D eigenvalue weighted by Crippen LogP contribution is -2.23. The summed E-state index contributed by atoms with van der Waals surface area (Å²) in [7, 11) is 0. The molecule has 13 heavy (non-hydrogen) atoms. The lowest BCUT2D eigenvalue weighted by atomic mass is 10.3. The molecule has 1 aromatic carbocycles. The zero-order chi connectivity index (χ0) is 9.68. The second-order valence-electron chi connectivity index (χ2n) is 2.70. The Labute approximate surface area is 85.5 Å². The molecule has 0 heterocycles. The predicted molar refractivity (Wildman–Crippen MR) is 55.7 cm³/mol. The molecule has 1 rings (SSSR count). The van der Waals surface area contributed by atoms with Crippen LogP contribution in [0.2, 0.25) is 0 Å². The Morgan fingerprint density at radius 2 is 2.08 bits per heavy atom. The fourth-order valence-electron chi connectivity index (χ4n) is 0.897. The first kappa shape index (κ1) is 10.5. The Balaban J connectivity index is 2.50. The maximum Gasteiger partial charge on any atom is 0.0942 e. The monoisotopic (exact) mass is 245 g/mol. The van der Waals surface area contributed by atoms with Crippen LogP contribution >= 0.6 is 15.9 Å². The molecule has 4 heteroatoms. The van der Waals surface area contributed by atoms with Crippen LogP contribution in [0, 0.1) is 0 Å². The van der Waals surface area contributed by atoms with Gasteiger partial charge in [0.05, 0.1) is 12.7 Å². The van der Waals surface area contributed by atoms with Crippen molar-refractivity contribution in [1.29, 1.82) is 0 Å². The van der Waals surface area contributed by atoms with Gasteiger partial charge in [-0.05, 0) is 28.1 Å². The first-order chi connectivity index (χ1) is 6.24. The van der Waals surface area contributed by atoms with E-state index in [4.69, 9.17) is 10.2 Å². The van der Waals surface area contributed by atoms with E-state index in [0.717, 1.165) is 10.2 Å². The second-order valence-corrected chi connectivity index (χ2v) is 3.55. The van der Waals surface area contributed by atoms with Gasteiger partial charge in [0.25, 0.3) is 0 Å². The van der Waals surface area contributed by atoms with Crippen molar-refractivity contribution in [2.24, 2.45) is 0 Å². The Kier molecular flexibility index (Phi) is 4.21. The van der Waals surface area contributed by atoms with Gasteiger partial charge in [0.1, 0.15) is 0 Å². The molecular weight excluding hydrogens is 234 g/mol. The number of hydrogen-bond donors (Lipinski definition) is 3. The van der Waals surface area contributed by atoms with E-state index in [-0.39, 0.29) is 6.61 Å². The quantitative estimate of drug-likeness (QED) is 0.748. The number of benzene rings is 1. The average Bonchev–Trinajstić information content (AvgIpc) is 2.16. The number of hydrogen-bond acceptors (Lipinski definition) is 3. The largest absolute Gasteiger partial charge is 0.394 e. The van der Waals surface area contributed by atoms with Crippen molar-refractivity contribution in [3.8, 4) is 0 Å². The number of nitrogens with one attached hydrogen (secondary N) is 1. The molecule has 3 N–H and O–H groups in total.